The molecule has 4 fully saturated rings. The molecule has 0 radical (unpaired) electrons. The van der Waals surface area contributed by atoms with Crippen LogP contribution in [0.25, 0.3) is 22.3 Å². The lowest BCUT2D eigenvalue weighted by Gasteiger charge is -2.42. The number of hydrogen-bond acceptors (Lipinski definition) is 11. The van der Waals surface area contributed by atoms with Crippen molar-refractivity contribution in [3.05, 3.63) is 90.3 Å². The number of nitrogen functional groups attached to an aromatic ring is 1. The molecule has 0 aliphatic carbocycles. The van der Waals surface area contributed by atoms with E-state index >= 15 is 0 Å². The number of nitrogens with zero attached hydrogens (tertiary/aromatic N) is 8. The summed E-state index contributed by atoms with van der Waals surface area (Å²) in [5.41, 5.74) is 11.8. The lowest BCUT2D eigenvalue weighted by molar-refractivity contribution is -0.136. The Morgan fingerprint density at radius 2 is 1.52 bits per heavy atom. The topological polar surface area (TPSA) is 155 Å². The van der Waals surface area contributed by atoms with Gasteiger partial charge in [-0.25, -0.2) is 14.6 Å². The Morgan fingerprint density at radius 1 is 0.774 bits per heavy atom. The molecule has 5 aromatic rings. The van der Waals surface area contributed by atoms with Crippen molar-refractivity contribution < 1.29 is 19.1 Å². The smallest absolute Gasteiger partial charge is 0.255 e. The van der Waals surface area contributed by atoms with Crippen LogP contribution in [0.3, 0.4) is 0 Å². The molecule has 14 nitrogen and oxygen atoms in total. The van der Waals surface area contributed by atoms with Crippen molar-refractivity contribution in [1.29, 1.82) is 0 Å². The van der Waals surface area contributed by atoms with E-state index in [1.54, 1.807) is 11.2 Å². The van der Waals surface area contributed by atoms with Gasteiger partial charge in [-0.3, -0.25) is 19.7 Å². The monoisotopic (exact) mass is 836 g/mol. The molecule has 5 aliphatic heterocycles. The van der Waals surface area contributed by atoms with Crippen LogP contribution in [0.1, 0.15) is 86.2 Å². The molecule has 7 heterocycles. The van der Waals surface area contributed by atoms with Gasteiger partial charge in [-0.2, -0.15) is 5.10 Å². The van der Waals surface area contributed by atoms with Crippen LogP contribution in [0.15, 0.2) is 79.1 Å². The molecule has 3 N–H and O–H groups in total. The third kappa shape index (κ3) is 8.25. The average Bonchev–Trinajstić information content (AvgIpc) is 3.86. The molecule has 14 heteroatoms. The van der Waals surface area contributed by atoms with Gasteiger partial charge < -0.3 is 30.1 Å². The van der Waals surface area contributed by atoms with Gasteiger partial charge in [0.05, 0.1) is 11.4 Å². The third-order valence-electron chi connectivity index (χ3n) is 14.1. The van der Waals surface area contributed by atoms with Gasteiger partial charge in [0.1, 0.15) is 35.4 Å². The normalized spacial score (nSPS) is 21.2. The number of imide groups is 1. The SMILES string of the molecule is Nc1ncnc2c1c(-c1ccc(Oc3ccccc3)cc1)nn2C1CCN(C2CCN(CCCC3CCN(c4ccc5c(c4)CN(C4CCC(=O)NC4=O)C5=O)CC3)CC2)CC1. The number of likely N-dealkylation sites (tertiary alicyclic amines) is 2. The highest BCUT2D eigenvalue weighted by atomic mass is 16.5. The first-order chi connectivity index (χ1) is 30.3. The minimum atomic E-state index is -0.581. The summed E-state index contributed by atoms with van der Waals surface area (Å²) in [5, 5.41) is 8.35. The summed E-state index contributed by atoms with van der Waals surface area (Å²) in [6.45, 7) is 8.10. The highest BCUT2D eigenvalue weighted by Crippen LogP contribution is 2.37. The molecule has 0 bridgehead atoms. The molecule has 3 amide bonds. The van der Waals surface area contributed by atoms with Crippen LogP contribution in [0, 0.1) is 5.92 Å². The van der Waals surface area contributed by atoms with Gasteiger partial charge in [0.15, 0.2) is 5.65 Å². The number of aromatic nitrogens is 4. The number of anilines is 2. The number of piperidine rings is 4. The van der Waals surface area contributed by atoms with Gasteiger partial charge in [0.2, 0.25) is 11.8 Å². The van der Waals surface area contributed by atoms with Crippen molar-refractivity contribution in [2.75, 3.05) is 56.4 Å². The number of ether oxygens (including phenoxy) is 1. The molecule has 0 saturated carbocycles. The van der Waals surface area contributed by atoms with E-state index in [2.05, 4.69) is 41.8 Å². The number of amides is 3. The molecular weight excluding hydrogens is 781 g/mol. The van der Waals surface area contributed by atoms with Gasteiger partial charge in [-0.05, 0) is 144 Å². The van der Waals surface area contributed by atoms with E-state index < -0.39 is 6.04 Å². The summed E-state index contributed by atoms with van der Waals surface area (Å²) >= 11 is 0. The van der Waals surface area contributed by atoms with E-state index in [1.807, 2.05) is 60.7 Å². The first-order valence-electron chi connectivity index (χ1n) is 22.7. The molecule has 62 heavy (non-hydrogen) atoms. The maximum Gasteiger partial charge on any atom is 0.255 e. The maximum absolute atomic E-state index is 13.2. The van der Waals surface area contributed by atoms with Crippen LogP contribution in [-0.2, 0) is 16.1 Å². The number of carbonyl (C=O) groups is 3. The zero-order chi connectivity index (χ0) is 42.2. The fourth-order valence-corrected chi connectivity index (χ4v) is 10.6. The van der Waals surface area contributed by atoms with Gasteiger partial charge in [-0.1, -0.05) is 18.2 Å². The fraction of sp³-hybridized carbons (Fsp3) is 0.458. The van der Waals surface area contributed by atoms with Crippen molar-refractivity contribution >= 4 is 40.3 Å². The number of nitrogens with two attached hydrogens (primary N) is 1. The minimum Gasteiger partial charge on any atom is -0.457 e. The minimum absolute atomic E-state index is 0.115. The van der Waals surface area contributed by atoms with Crippen molar-refractivity contribution in [3.8, 4) is 22.8 Å². The standard InChI is InChI=1S/C48H56N10O4/c49-45-43-44(33-8-11-39(12-9-33)62-38-6-2-1-3-7-38)53-58(46(43)51-31-50-45)36-20-27-55(28-21-36)35-18-23-54(24-19-35)22-4-5-32-16-25-56(26-17-32)37-10-13-40-34(29-37)30-57(48(40)61)41-14-15-42(59)52-47(41)60/h1-3,6-13,29,31-32,35-36,41H,4-5,14-28,30H2,(H2,49,50,51)(H,52,59,60). The van der Waals surface area contributed by atoms with E-state index in [1.165, 1.54) is 58.2 Å². The number of nitrogens with one attached hydrogen (secondary N) is 1. The summed E-state index contributed by atoms with van der Waals surface area (Å²) in [4.78, 5) is 55.8. The summed E-state index contributed by atoms with van der Waals surface area (Å²) < 4.78 is 8.13. The van der Waals surface area contributed by atoms with E-state index in [-0.39, 0.29) is 30.2 Å². The number of carbonyl (C=O) groups excluding carboxylic acids is 3. The number of benzene rings is 3. The van der Waals surface area contributed by atoms with Crippen molar-refractivity contribution in [2.24, 2.45) is 5.92 Å². The molecule has 1 atom stereocenters. The second kappa shape index (κ2) is 17.5. The molecule has 10 rings (SSSR count). The number of hydrogen-bond donors (Lipinski definition) is 2. The Kier molecular flexibility index (Phi) is 11.3. The first-order valence-corrected chi connectivity index (χ1v) is 22.7. The highest BCUT2D eigenvalue weighted by molar-refractivity contribution is 6.05. The molecule has 3 aromatic carbocycles. The van der Waals surface area contributed by atoms with Crippen molar-refractivity contribution in [1.82, 2.24) is 39.8 Å². The maximum atomic E-state index is 13.2. The lowest BCUT2D eigenvalue weighted by Crippen LogP contribution is -2.52. The Labute approximate surface area is 362 Å². The summed E-state index contributed by atoms with van der Waals surface area (Å²) in [6.07, 6.45) is 11.6. The molecule has 5 aliphatic rings. The predicted molar refractivity (Wildman–Crippen MR) is 238 cm³/mol. The van der Waals surface area contributed by atoms with Gasteiger partial charge in [0, 0.05) is 62.0 Å². The molecule has 1 unspecified atom stereocenters. The Balaban J connectivity index is 0.662. The zero-order valence-corrected chi connectivity index (χ0v) is 35.3. The van der Waals surface area contributed by atoms with E-state index in [4.69, 9.17) is 20.6 Å². The van der Waals surface area contributed by atoms with Crippen LogP contribution >= 0.6 is 0 Å². The van der Waals surface area contributed by atoms with Crippen LogP contribution in [0.2, 0.25) is 0 Å². The highest BCUT2D eigenvalue weighted by Gasteiger charge is 2.39. The lowest BCUT2D eigenvalue weighted by atomic mass is 9.91. The van der Waals surface area contributed by atoms with Gasteiger partial charge >= 0.3 is 0 Å². The van der Waals surface area contributed by atoms with Gasteiger partial charge in [-0.15, -0.1) is 0 Å². The molecule has 2 aromatic heterocycles. The summed E-state index contributed by atoms with van der Waals surface area (Å²) in [5.74, 6) is 2.01. The second-order valence-corrected chi connectivity index (χ2v) is 17.8. The Bertz CT molecular complexity index is 2420. The molecule has 4 saturated heterocycles. The Morgan fingerprint density at radius 3 is 2.27 bits per heavy atom. The fourth-order valence-electron chi connectivity index (χ4n) is 10.6. The predicted octanol–water partition coefficient (Wildman–Crippen LogP) is 6.43. The van der Waals surface area contributed by atoms with Crippen LogP contribution < -0.4 is 20.7 Å². The van der Waals surface area contributed by atoms with Crippen molar-refractivity contribution in [3.63, 3.8) is 0 Å². The van der Waals surface area contributed by atoms with Crippen LogP contribution in [0.4, 0.5) is 11.5 Å². The number of rotatable bonds is 11. The second-order valence-electron chi connectivity index (χ2n) is 17.8. The molecular formula is C48H56N10O4. The van der Waals surface area contributed by atoms with Crippen LogP contribution in [0.5, 0.6) is 11.5 Å². The number of para-hydroxylation sites is 1. The third-order valence-corrected chi connectivity index (χ3v) is 14.1. The zero-order valence-electron chi connectivity index (χ0n) is 35.3. The molecule has 322 valence electrons. The van der Waals surface area contributed by atoms with E-state index in [0.29, 0.717) is 30.4 Å². The first kappa shape index (κ1) is 40.2. The summed E-state index contributed by atoms with van der Waals surface area (Å²) in [7, 11) is 0. The van der Waals surface area contributed by atoms with Crippen LogP contribution in [-0.4, -0.2) is 110 Å². The largest absolute Gasteiger partial charge is 0.457 e. The van der Waals surface area contributed by atoms with E-state index in [9.17, 15) is 14.4 Å². The average molecular weight is 837 g/mol. The number of fused-ring (bicyclic) bond motifs is 2. The molecule has 0 spiro atoms. The Hall–Kier alpha value is -5.86. The summed E-state index contributed by atoms with van der Waals surface area (Å²) in [6, 6.07) is 24.2. The van der Waals surface area contributed by atoms with Gasteiger partial charge in [0.25, 0.3) is 5.91 Å². The van der Waals surface area contributed by atoms with Crippen molar-refractivity contribution in [2.45, 2.75) is 88.9 Å². The quantitative estimate of drug-likeness (QED) is 0.142. The van der Waals surface area contributed by atoms with E-state index in [0.717, 1.165) is 90.0 Å².